The highest BCUT2D eigenvalue weighted by atomic mass is 79.9. The van der Waals surface area contributed by atoms with Gasteiger partial charge < -0.3 is 18.6 Å². The van der Waals surface area contributed by atoms with Gasteiger partial charge in [0.05, 0.1) is 17.0 Å². The highest BCUT2D eigenvalue weighted by Crippen LogP contribution is 2.36. The molecule has 32 heavy (non-hydrogen) atoms. The van der Waals surface area contributed by atoms with E-state index in [2.05, 4.69) is 36.7 Å². The number of ether oxygens (including phenoxy) is 3. The van der Waals surface area contributed by atoms with E-state index in [-0.39, 0.29) is 36.2 Å². The molecule has 1 aliphatic rings. The molecule has 0 spiro atoms. The number of rotatable bonds is 8. The van der Waals surface area contributed by atoms with Crippen LogP contribution < -0.4 is 19.6 Å². The Balaban J connectivity index is 1.23. The largest absolute Gasteiger partial charge is 0.482 e. The summed E-state index contributed by atoms with van der Waals surface area (Å²) < 4.78 is 22.4. The first kappa shape index (κ1) is 22.7. The fraction of sp³-hybridized carbons (Fsp3) is 0.158. The predicted molar refractivity (Wildman–Crippen MR) is 122 cm³/mol. The number of carbonyl (C=O) groups is 1. The lowest BCUT2D eigenvalue weighted by Gasteiger charge is -2.05. The third-order valence-corrected chi connectivity index (χ3v) is 5.94. The molecule has 0 saturated heterocycles. The van der Waals surface area contributed by atoms with Crippen LogP contribution in [0.15, 0.2) is 49.5 Å². The van der Waals surface area contributed by atoms with Gasteiger partial charge in [0.15, 0.2) is 18.1 Å². The van der Waals surface area contributed by atoms with Gasteiger partial charge in [-0.25, -0.2) is 5.43 Å². The van der Waals surface area contributed by atoms with Gasteiger partial charge in [-0.2, -0.15) is 5.10 Å². The number of carbonyl (C=O) groups excluding carboxylic acids is 1. The lowest BCUT2D eigenvalue weighted by atomic mass is 10.2. The number of hydrazone groups is 1. The highest BCUT2D eigenvalue weighted by molar-refractivity contribution is 9.10. The van der Waals surface area contributed by atoms with E-state index in [1.165, 1.54) is 6.21 Å². The average molecular weight is 560 g/mol. The Morgan fingerprint density at radius 2 is 2.06 bits per heavy atom. The van der Waals surface area contributed by atoms with E-state index in [0.717, 1.165) is 21.8 Å². The summed E-state index contributed by atoms with van der Waals surface area (Å²) in [6, 6.07) is 8.41. The number of hydrogen-bond donors (Lipinski definition) is 1. The maximum Gasteiger partial charge on any atom is 0.277 e. The topological polar surface area (TPSA) is 108 Å². The maximum absolute atomic E-state index is 12.0. The zero-order valence-corrected chi connectivity index (χ0v) is 19.9. The summed E-state index contributed by atoms with van der Waals surface area (Å²) in [7, 11) is 0. The van der Waals surface area contributed by atoms with Gasteiger partial charge in [-0.3, -0.25) is 4.79 Å². The third-order valence-electron chi connectivity index (χ3n) is 3.90. The minimum Gasteiger partial charge on any atom is -0.482 e. The van der Waals surface area contributed by atoms with Gasteiger partial charge in [0.1, 0.15) is 5.75 Å². The molecule has 0 atom stereocenters. The fourth-order valence-corrected chi connectivity index (χ4v) is 3.91. The van der Waals surface area contributed by atoms with Crippen molar-refractivity contribution in [3.63, 3.8) is 0 Å². The molecule has 2 heterocycles. The van der Waals surface area contributed by atoms with E-state index in [4.69, 9.17) is 41.8 Å². The van der Waals surface area contributed by atoms with Gasteiger partial charge in [-0.15, -0.1) is 10.2 Å². The summed E-state index contributed by atoms with van der Waals surface area (Å²) >= 11 is 16.4. The van der Waals surface area contributed by atoms with Gasteiger partial charge in [0.25, 0.3) is 17.0 Å². The van der Waals surface area contributed by atoms with E-state index in [1.807, 2.05) is 0 Å². The second-order valence-electron chi connectivity index (χ2n) is 6.13. The first-order valence-corrected chi connectivity index (χ1v) is 11.5. The van der Waals surface area contributed by atoms with Crippen LogP contribution in [0.2, 0.25) is 10.0 Å². The summed E-state index contributed by atoms with van der Waals surface area (Å²) in [6.45, 7) is 0.199. The smallest absolute Gasteiger partial charge is 0.277 e. The molecule has 0 aliphatic carbocycles. The Labute approximate surface area is 204 Å². The number of aromatic nitrogens is 2. The van der Waals surface area contributed by atoms with Crippen molar-refractivity contribution in [2.45, 2.75) is 11.8 Å². The highest BCUT2D eigenvalue weighted by Gasteiger charge is 2.16. The van der Waals surface area contributed by atoms with E-state index in [9.17, 15) is 4.79 Å². The quantitative estimate of drug-likeness (QED) is 0.240. The van der Waals surface area contributed by atoms with Crippen molar-refractivity contribution < 1.29 is 23.4 Å². The van der Waals surface area contributed by atoms with Crippen LogP contribution in [0.4, 0.5) is 0 Å². The zero-order valence-electron chi connectivity index (χ0n) is 16.0. The van der Waals surface area contributed by atoms with Crippen molar-refractivity contribution in [1.29, 1.82) is 0 Å². The lowest BCUT2D eigenvalue weighted by Crippen LogP contribution is -2.19. The van der Waals surface area contributed by atoms with E-state index < -0.39 is 0 Å². The number of benzene rings is 2. The number of thioether (sulfide) groups is 1. The van der Waals surface area contributed by atoms with Crippen LogP contribution in [0.1, 0.15) is 11.5 Å². The molecule has 2 aromatic carbocycles. The average Bonchev–Trinajstić information content (AvgIpc) is 3.40. The summed E-state index contributed by atoms with van der Waals surface area (Å²) in [5.74, 6) is 1.64. The molecule has 0 radical (unpaired) electrons. The molecular weight excluding hydrogens is 547 g/mol. The summed E-state index contributed by atoms with van der Waals surface area (Å²) in [5.41, 5.74) is 3.16. The molecule has 166 valence electrons. The van der Waals surface area contributed by atoms with Crippen molar-refractivity contribution in [3.8, 4) is 17.2 Å². The van der Waals surface area contributed by atoms with Gasteiger partial charge in [-0.1, -0.05) is 35.0 Å². The van der Waals surface area contributed by atoms with Crippen molar-refractivity contribution in [3.05, 3.63) is 56.3 Å². The maximum atomic E-state index is 12.0. The van der Waals surface area contributed by atoms with Crippen LogP contribution in [0.25, 0.3) is 0 Å². The normalized spacial score (nSPS) is 12.3. The van der Waals surface area contributed by atoms with Crippen LogP contribution in [0.5, 0.6) is 17.2 Å². The Hall–Kier alpha value is -2.47. The Morgan fingerprint density at radius 3 is 2.88 bits per heavy atom. The van der Waals surface area contributed by atoms with Crippen molar-refractivity contribution in [2.24, 2.45) is 5.10 Å². The van der Waals surface area contributed by atoms with Gasteiger partial charge in [0.2, 0.25) is 6.79 Å². The number of nitrogens with zero attached hydrogens (tertiary/aromatic N) is 3. The summed E-state index contributed by atoms with van der Waals surface area (Å²) in [5, 5.41) is 12.8. The van der Waals surface area contributed by atoms with Crippen molar-refractivity contribution in [2.75, 3.05) is 12.5 Å². The molecule has 9 nitrogen and oxygen atoms in total. The number of amides is 1. The minimum absolute atomic E-state index is 0.0236. The number of fused-ring (bicyclic) bond motifs is 1. The minimum atomic E-state index is -0.341. The summed E-state index contributed by atoms with van der Waals surface area (Å²) in [6.07, 6.45) is 1.50. The monoisotopic (exact) mass is 558 g/mol. The molecule has 0 unspecified atom stereocenters. The van der Waals surface area contributed by atoms with Crippen LogP contribution in [0, 0.1) is 0 Å². The molecule has 4 rings (SSSR count). The molecule has 13 heteroatoms. The first-order valence-electron chi connectivity index (χ1n) is 8.92. The van der Waals surface area contributed by atoms with Crippen LogP contribution >= 0.6 is 50.9 Å². The molecule has 1 N–H and O–H groups in total. The van der Waals surface area contributed by atoms with Crippen molar-refractivity contribution in [1.82, 2.24) is 15.6 Å². The molecule has 3 aromatic rings. The molecule has 1 amide bonds. The Bertz CT molecular complexity index is 1180. The fourth-order valence-electron chi connectivity index (χ4n) is 2.45. The van der Waals surface area contributed by atoms with Gasteiger partial charge in [-0.05, 0) is 46.3 Å². The summed E-state index contributed by atoms with van der Waals surface area (Å²) in [4.78, 5) is 12.0. The van der Waals surface area contributed by atoms with Crippen LogP contribution in [-0.2, 0) is 11.4 Å². The number of hydrogen-bond acceptors (Lipinski definition) is 9. The van der Waals surface area contributed by atoms with Gasteiger partial charge >= 0.3 is 0 Å². The van der Waals surface area contributed by atoms with Crippen LogP contribution in [-0.4, -0.2) is 34.9 Å². The van der Waals surface area contributed by atoms with E-state index >= 15 is 0 Å². The third kappa shape index (κ3) is 5.85. The molecular formula is C19H13BrCl2N4O5S. The van der Waals surface area contributed by atoms with Crippen LogP contribution in [0.3, 0.4) is 0 Å². The number of halogens is 3. The molecule has 0 fully saturated rings. The molecule has 0 bridgehead atoms. The second-order valence-corrected chi connectivity index (χ2v) is 8.76. The first-order chi connectivity index (χ1) is 15.5. The second kappa shape index (κ2) is 10.4. The van der Waals surface area contributed by atoms with Crippen molar-refractivity contribution >= 4 is 63.0 Å². The SMILES string of the molecule is O=C(CSc1nnc(COc2ccc(Cl)cc2Cl)o1)N/N=C\c1cc2c(cc1Br)OCO2. The zero-order chi connectivity index (χ0) is 22.5. The van der Waals surface area contributed by atoms with E-state index in [1.54, 1.807) is 30.3 Å². The Kier molecular flexibility index (Phi) is 7.40. The molecule has 0 saturated carbocycles. The van der Waals surface area contributed by atoms with E-state index in [0.29, 0.717) is 27.3 Å². The lowest BCUT2D eigenvalue weighted by molar-refractivity contribution is -0.118. The van der Waals surface area contributed by atoms with Gasteiger partial charge in [0, 0.05) is 15.1 Å². The Morgan fingerprint density at radius 1 is 1.25 bits per heavy atom. The molecule has 1 aromatic heterocycles. The predicted octanol–water partition coefficient (Wildman–Crippen LogP) is 4.69. The number of nitrogens with one attached hydrogen (secondary N) is 1. The standard InChI is InChI=1S/C19H13BrCl2N4O5S/c20-12-5-16-15(29-9-30-16)3-10(12)6-23-24-17(27)8-32-19-26-25-18(31-19)7-28-14-2-1-11(21)4-13(14)22/h1-6H,7-9H2,(H,24,27)/b23-6-. The molecule has 1 aliphatic heterocycles.